The van der Waals surface area contributed by atoms with Gasteiger partial charge in [-0.15, -0.1) is 35.3 Å². The first-order chi connectivity index (χ1) is 14.5. The molecule has 2 aromatic heterocycles. The van der Waals surface area contributed by atoms with Crippen LogP contribution >= 0.6 is 35.3 Å². The van der Waals surface area contributed by atoms with Crippen molar-refractivity contribution in [3.8, 4) is 0 Å². The summed E-state index contributed by atoms with van der Waals surface area (Å²) < 4.78 is 1.71. The molecule has 0 fully saturated rings. The Morgan fingerprint density at radius 1 is 1.10 bits per heavy atom. The third-order valence-electron chi connectivity index (χ3n) is 4.73. The van der Waals surface area contributed by atoms with Gasteiger partial charge in [0.2, 0.25) is 0 Å². The molecule has 2 N–H and O–H groups in total. The number of nitrogens with one attached hydrogen (secondary N) is 2. The van der Waals surface area contributed by atoms with Crippen LogP contribution in [0.25, 0.3) is 0 Å². The minimum Gasteiger partial charge on any atom is -0.357 e. The van der Waals surface area contributed by atoms with Gasteiger partial charge in [0.25, 0.3) is 5.56 Å². The number of aryl methyl sites for hydroxylation is 1. The Hall–Kier alpha value is -2.13. The number of aliphatic imine (C=N–C) groups is 1. The van der Waals surface area contributed by atoms with Gasteiger partial charge in [-0.3, -0.25) is 4.79 Å². The summed E-state index contributed by atoms with van der Waals surface area (Å²) in [6.45, 7) is 8.40. The smallest absolute Gasteiger partial charge is 0.250 e. The second kappa shape index (κ2) is 12.7. The predicted molar refractivity (Wildman–Crippen MR) is 142 cm³/mol. The zero-order chi connectivity index (χ0) is 21.3. The van der Waals surface area contributed by atoms with Gasteiger partial charge in [-0.2, -0.15) is 0 Å². The molecule has 0 saturated heterocycles. The van der Waals surface area contributed by atoms with Crippen molar-refractivity contribution in [3.63, 3.8) is 0 Å². The molecule has 1 aromatic carbocycles. The molecule has 0 aliphatic rings. The van der Waals surface area contributed by atoms with Crippen molar-refractivity contribution in [3.05, 3.63) is 92.0 Å². The van der Waals surface area contributed by atoms with Gasteiger partial charge >= 0.3 is 0 Å². The SMILES string of the molecule is CCNC(=NCc1ccc(Cn2ccccc2=O)cc1)NC(C)Cc1ccc(C)s1.I. The molecule has 3 rings (SSSR count). The number of guanidine groups is 1. The van der Waals surface area contributed by atoms with E-state index >= 15 is 0 Å². The summed E-state index contributed by atoms with van der Waals surface area (Å²) >= 11 is 1.85. The number of aromatic nitrogens is 1. The number of rotatable bonds is 8. The first-order valence-corrected chi connectivity index (χ1v) is 11.2. The summed E-state index contributed by atoms with van der Waals surface area (Å²) in [5, 5.41) is 6.83. The molecule has 166 valence electrons. The molecule has 5 nitrogen and oxygen atoms in total. The maximum Gasteiger partial charge on any atom is 0.250 e. The summed E-state index contributed by atoms with van der Waals surface area (Å²) in [5.74, 6) is 0.832. The summed E-state index contributed by atoms with van der Waals surface area (Å²) in [5.41, 5.74) is 2.25. The van der Waals surface area contributed by atoms with Crippen LogP contribution in [0.3, 0.4) is 0 Å². The topological polar surface area (TPSA) is 58.4 Å². The largest absolute Gasteiger partial charge is 0.357 e. The van der Waals surface area contributed by atoms with E-state index in [0.717, 1.165) is 30.1 Å². The average molecular weight is 551 g/mol. The van der Waals surface area contributed by atoms with Crippen LogP contribution < -0.4 is 16.2 Å². The van der Waals surface area contributed by atoms with Crippen LogP contribution in [-0.4, -0.2) is 23.1 Å². The highest BCUT2D eigenvalue weighted by Crippen LogP contribution is 2.16. The van der Waals surface area contributed by atoms with Crippen LogP contribution in [0.15, 0.2) is 70.6 Å². The lowest BCUT2D eigenvalue weighted by Gasteiger charge is -2.17. The zero-order valence-corrected chi connectivity index (χ0v) is 21.4. The predicted octanol–water partition coefficient (Wildman–Crippen LogP) is 4.57. The highest BCUT2D eigenvalue weighted by molar-refractivity contribution is 14.0. The van der Waals surface area contributed by atoms with E-state index in [2.05, 4.69) is 67.8 Å². The standard InChI is InChI=1S/C24H30N4OS.HI/c1-4-25-24(27-18(2)15-22-13-8-19(3)30-22)26-16-20-9-11-21(12-10-20)17-28-14-6-5-7-23(28)29;/h5-14,18H,4,15-17H2,1-3H3,(H2,25,26,27);1H. The van der Waals surface area contributed by atoms with Crippen LogP contribution in [0.5, 0.6) is 0 Å². The molecule has 1 unspecified atom stereocenters. The molecule has 0 bridgehead atoms. The molecule has 0 aliphatic carbocycles. The molecule has 0 saturated carbocycles. The minimum absolute atomic E-state index is 0. The molecule has 0 amide bonds. The molecule has 1 atom stereocenters. The van der Waals surface area contributed by atoms with Gasteiger partial charge < -0.3 is 15.2 Å². The van der Waals surface area contributed by atoms with Crippen molar-refractivity contribution in [1.29, 1.82) is 0 Å². The summed E-state index contributed by atoms with van der Waals surface area (Å²) in [6, 6.07) is 18.2. The van der Waals surface area contributed by atoms with Gasteiger partial charge in [0, 0.05) is 41.0 Å². The highest BCUT2D eigenvalue weighted by Gasteiger charge is 2.08. The molecular weight excluding hydrogens is 519 g/mol. The lowest BCUT2D eigenvalue weighted by atomic mass is 10.1. The van der Waals surface area contributed by atoms with Gasteiger partial charge in [-0.25, -0.2) is 4.99 Å². The molecular formula is C24H31IN4OS. The van der Waals surface area contributed by atoms with Crippen molar-refractivity contribution in [1.82, 2.24) is 15.2 Å². The Bertz CT molecular complexity index is 1030. The van der Waals surface area contributed by atoms with E-state index in [1.165, 1.54) is 9.75 Å². The number of hydrogen-bond donors (Lipinski definition) is 2. The van der Waals surface area contributed by atoms with Crippen LogP contribution in [-0.2, 0) is 19.5 Å². The van der Waals surface area contributed by atoms with E-state index in [0.29, 0.717) is 19.1 Å². The Morgan fingerprint density at radius 2 is 1.84 bits per heavy atom. The third kappa shape index (κ3) is 8.14. The van der Waals surface area contributed by atoms with E-state index in [4.69, 9.17) is 4.99 Å². The van der Waals surface area contributed by atoms with E-state index in [1.807, 2.05) is 23.6 Å². The molecule has 7 heteroatoms. The normalized spacial score (nSPS) is 12.2. The molecule has 31 heavy (non-hydrogen) atoms. The first kappa shape index (κ1) is 25.1. The number of benzene rings is 1. The number of thiophene rings is 1. The number of pyridine rings is 1. The maximum atomic E-state index is 11.9. The van der Waals surface area contributed by atoms with Crippen LogP contribution in [0.1, 0.15) is 34.7 Å². The monoisotopic (exact) mass is 550 g/mol. The first-order valence-electron chi connectivity index (χ1n) is 10.4. The van der Waals surface area contributed by atoms with E-state index < -0.39 is 0 Å². The second-order valence-corrected chi connectivity index (χ2v) is 8.81. The van der Waals surface area contributed by atoms with Crippen molar-refractivity contribution < 1.29 is 0 Å². The minimum atomic E-state index is 0. The zero-order valence-electron chi connectivity index (χ0n) is 18.3. The second-order valence-electron chi connectivity index (χ2n) is 7.44. The Morgan fingerprint density at radius 3 is 2.48 bits per heavy atom. The van der Waals surface area contributed by atoms with Crippen LogP contribution in [0.4, 0.5) is 0 Å². The van der Waals surface area contributed by atoms with E-state index in [9.17, 15) is 4.79 Å². The van der Waals surface area contributed by atoms with Crippen molar-refractivity contribution in [2.45, 2.75) is 46.3 Å². The van der Waals surface area contributed by atoms with Gasteiger partial charge in [0.15, 0.2) is 5.96 Å². The molecule has 0 aliphatic heterocycles. The van der Waals surface area contributed by atoms with Gasteiger partial charge in [-0.05, 0) is 50.1 Å². The summed E-state index contributed by atoms with van der Waals surface area (Å²) in [6.07, 6.45) is 2.80. The van der Waals surface area contributed by atoms with Gasteiger partial charge in [-0.1, -0.05) is 30.3 Å². The Labute approximate surface area is 205 Å². The summed E-state index contributed by atoms with van der Waals surface area (Å²) in [7, 11) is 0. The summed E-state index contributed by atoms with van der Waals surface area (Å²) in [4.78, 5) is 19.3. The van der Waals surface area contributed by atoms with Gasteiger partial charge in [0.1, 0.15) is 0 Å². The average Bonchev–Trinajstić information content (AvgIpc) is 3.13. The van der Waals surface area contributed by atoms with Crippen molar-refractivity contribution in [2.75, 3.05) is 6.54 Å². The fraction of sp³-hybridized carbons (Fsp3) is 0.333. The number of halogens is 1. The Kier molecular flexibility index (Phi) is 10.3. The van der Waals surface area contributed by atoms with Gasteiger partial charge in [0.05, 0.1) is 13.1 Å². The van der Waals surface area contributed by atoms with Crippen molar-refractivity contribution in [2.24, 2.45) is 4.99 Å². The lowest BCUT2D eigenvalue weighted by Crippen LogP contribution is -2.43. The molecule has 2 heterocycles. The maximum absolute atomic E-state index is 11.9. The van der Waals surface area contributed by atoms with Crippen molar-refractivity contribution >= 4 is 41.3 Å². The van der Waals surface area contributed by atoms with Crippen LogP contribution in [0, 0.1) is 6.92 Å². The number of nitrogens with zero attached hydrogens (tertiary/aromatic N) is 2. The molecule has 3 aromatic rings. The third-order valence-corrected chi connectivity index (χ3v) is 5.75. The highest BCUT2D eigenvalue weighted by atomic mass is 127. The van der Waals surface area contributed by atoms with Crippen LogP contribution in [0.2, 0.25) is 0 Å². The fourth-order valence-corrected chi connectivity index (χ4v) is 4.23. The van der Waals surface area contributed by atoms with E-state index in [-0.39, 0.29) is 29.5 Å². The molecule has 0 spiro atoms. The number of hydrogen-bond acceptors (Lipinski definition) is 3. The Balaban J connectivity index is 0.00000341. The van der Waals surface area contributed by atoms with E-state index in [1.54, 1.807) is 16.7 Å². The molecule has 0 radical (unpaired) electrons. The fourth-order valence-electron chi connectivity index (χ4n) is 3.21. The quantitative estimate of drug-likeness (QED) is 0.246. The lowest BCUT2D eigenvalue weighted by molar-refractivity contribution is 0.645.